The molecule has 0 saturated heterocycles. The van der Waals surface area contributed by atoms with Crippen LogP contribution in [0.15, 0.2) is 23.4 Å². The molecule has 0 radical (unpaired) electrons. The van der Waals surface area contributed by atoms with Gasteiger partial charge in [0.2, 0.25) is 0 Å². The summed E-state index contributed by atoms with van der Waals surface area (Å²) in [6.45, 7) is 0. The summed E-state index contributed by atoms with van der Waals surface area (Å²) in [5.41, 5.74) is 0.378. The molecule has 0 aliphatic heterocycles. The largest absolute Gasteiger partial charge is 0.512 e. The number of allylic oxidation sites excluding steroid dienone is 4. The standard InChI is InChI=1S/C6H9BO3/c8-6-3-1-2-5(4-6)7(9)10/h2,4,8-10H,1,3H2. The molecule has 0 aromatic heterocycles. The summed E-state index contributed by atoms with van der Waals surface area (Å²) < 4.78 is 0. The molecule has 0 aromatic carbocycles. The van der Waals surface area contributed by atoms with E-state index in [-0.39, 0.29) is 5.76 Å². The first-order valence-corrected chi connectivity index (χ1v) is 3.16. The summed E-state index contributed by atoms with van der Waals surface area (Å²) in [5.74, 6) is 0.214. The van der Waals surface area contributed by atoms with Gasteiger partial charge in [-0.25, -0.2) is 0 Å². The van der Waals surface area contributed by atoms with Crippen LogP contribution in [0.5, 0.6) is 0 Å². The molecule has 0 heterocycles. The molecule has 1 aliphatic rings. The highest BCUT2D eigenvalue weighted by Crippen LogP contribution is 2.14. The van der Waals surface area contributed by atoms with Crippen molar-refractivity contribution in [1.29, 1.82) is 0 Å². The van der Waals surface area contributed by atoms with Crippen LogP contribution in [-0.2, 0) is 0 Å². The predicted octanol–water partition coefficient (Wildman–Crippen LogP) is 0.161. The van der Waals surface area contributed by atoms with Crippen LogP contribution in [0.4, 0.5) is 0 Å². The first kappa shape index (κ1) is 7.37. The van der Waals surface area contributed by atoms with Gasteiger partial charge < -0.3 is 15.2 Å². The van der Waals surface area contributed by atoms with Gasteiger partial charge in [-0.2, -0.15) is 0 Å². The number of aliphatic hydroxyl groups excluding tert-OH is 1. The van der Waals surface area contributed by atoms with E-state index in [1.807, 2.05) is 0 Å². The van der Waals surface area contributed by atoms with E-state index in [0.29, 0.717) is 18.3 Å². The molecule has 3 N–H and O–H groups in total. The second-order valence-corrected chi connectivity index (χ2v) is 2.25. The van der Waals surface area contributed by atoms with Crippen LogP contribution in [0.3, 0.4) is 0 Å². The molecule has 1 aliphatic carbocycles. The van der Waals surface area contributed by atoms with E-state index in [0.717, 1.165) is 0 Å². The Labute approximate surface area is 59.5 Å². The molecule has 4 heteroatoms. The molecule has 0 spiro atoms. The highest BCUT2D eigenvalue weighted by Gasteiger charge is 2.15. The number of rotatable bonds is 1. The fraction of sp³-hybridized carbons (Fsp3) is 0.333. The van der Waals surface area contributed by atoms with Crippen molar-refractivity contribution in [2.45, 2.75) is 12.8 Å². The quantitative estimate of drug-likeness (QED) is 0.454. The van der Waals surface area contributed by atoms with Gasteiger partial charge in [-0.3, -0.25) is 0 Å². The summed E-state index contributed by atoms with van der Waals surface area (Å²) in [6.07, 6.45) is 4.35. The third-order valence-electron chi connectivity index (χ3n) is 1.41. The summed E-state index contributed by atoms with van der Waals surface area (Å²) in [6, 6.07) is 0. The van der Waals surface area contributed by atoms with Gasteiger partial charge in [0.05, 0.1) is 5.76 Å². The number of aliphatic hydroxyl groups is 1. The normalized spacial score (nSPS) is 17.8. The minimum atomic E-state index is -1.46. The molecule has 0 fully saturated rings. The fourth-order valence-electron chi connectivity index (χ4n) is 0.890. The van der Waals surface area contributed by atoms with Gasteiger partial charge in [0.1, 0.15) is 0 Å². The number of hydrogen-bond donors (Lipinski definition) is 3. The molecule has 1 rings (SSSR count). The van der Waals surface area contributed by atoms with Crippen LogP contribution >= 0.6 is 0 Å². The second kappa shape index (κ2) is 2.90. The van der Waals surface area contributed by atoms with Crippen LogP contribution in [0, 0.1) is 0 Å². The third kappa shape index (κ3) is 1.62. The monoisotopic (exact) mass is 140 g/mol. The van der Waals surface area contributed by atoms with E-state index < -0.39 is 7.12 Å². The van der Waals surface area contributed by atoms with Crippen LogP contribution in [0.2, 0.25) is 0 Å². The second-order valence-electron chi connectivity index (χ2n) is 2.25. The van der Waals surface area contributed by atoms with E-state index in [1.54, 1.807) is 6.08 Å². The maximum absolute atomic E-state index is 8.93. The van der Waals surface area contributed by atoms with Crippen molar-refractivity contribution in [1.82, 2.24) is 0 Å². The molecule has 0 atom stereocenters. The first-order valence-electron chi connectivity index (χ1n) is 3.16. The molecule has 0 amide bonds. The van der Waals surface area contributed by atoms with Gasteiger partial charge in [-0.1, -0.05) is 6.08 Å². The zero-order chi connectivity index (χ0) is 7.56. The average molecular weight is 140 g/mol. The van der Waals surface area contributed by atoms with Gasteiger partial charge in [0.15, 0.2) is 0 Å². The average Bonchev–Trinajstić information content (AvgIpc) is 1.88. The molecule has 3 nitrogen and oxygen atoms in total. The lowest BCUT2D eigenvalue weighted by molar-refractivity contribution is 0.383. The van der Waals surface area contributed by atoms with E-state index in [1.165, 1.54) is 6.08 Å². The summed E-state index contributed by atoms with van der Waals surface area (Å²) in [5, 5.41) is 26.2. The summed E-state index contributed by atoms with van der Waals surface area (Å²) >= 11 is 0. The van der Waals surface area contributed by atoms with E-state index >= 15 is 0 Å². The minimum absolute atomic E-state index is 0.214. The SMILES string of the molecule is OB(O)C1=CCCC(O)=C1. The Hall–Kier alpha value is -0.735. The summed E-state index contributed by atoms with van der Waals surface area (Å²) in [4.78, 5) is 0. The topological polar surface area (TPSA) is 60.7 Å². The van der Waals surface area contributed by atoms with Crippen molar-refractivity contribution in [3.8, 4) is 0 Å². The van der Waals surface area contributed by atoms with Crippen molar-refractivity contribution in [3.05, 3.63) is 23.4 Å². The highest BCUT2D eigenvalue weighted by molar-refractivity contribution is 6.51. The maximum Gasteiger partial charge on any atom is 0.488 e. The smallest absolute Gasteiger partial charge is 0.488 e. The first-order chi connectivity index (χ1) is 4.70. The lowest BCUT2D eigenvalue weighted by Gasteiger charge is -2.07. The molecule has 0 saturated carbocycles. The molecule has 0 unspecified atom stereocenters. The van der Waals surface area contributed by atoms with Gasteiger partial charge in [-0.15, -0.1) is 0 Å². The number of hydrogen-bond acceptors (Lipinski definition) is 3. The Bertz CT molecular complexity index is 183. The van der Waals surface area contributed by atoms with Crippen LogP contribution in [-0.4, -0.2) is 22.3 Å². The van der Waals surface area contributed by atoms with Gasteiger partial charge >= 0.3 is 7.12 Å². The Morgan fingerprint density at radius 2 is 2.10 bits per heavy atom. The van der Waals surface area contributed by atoms with Crippen molar-refractivity contribution in [2.75, 3.05) is 0 Å². The molecule has 54 valence electrons. The predicted molar refractivity (Wildman–Crippen MR) is 38.2 cm³/mol. The molecular weight excluding hydrogens is 131 g/mol. The highest BCUT2D eigenvalue weighted by atomic mass is 16.4. The van der Waals surface area contributed by atoms with E-state index in [4.69, 9.17) is 15.2 Å². The van der Waals surface area contributed by atoms with Crippen molar-refractivity contribution < 1.29 is 15.2 Å². The van der Waals surface area contributed by atoms with Crippen LogP contribution in [0.25, 0.3) is 0 Å². The zero-order valence-corrected chi connectivity index (χ0v) is 5.49. The summed E-state index contributed by atoms with van der Waals surface area (Å²) in [7, 11) is -1.46. The Kier molecular flexibility index (Phi) is 2.14. The maximum atomic E-state index is 8.93. The minimum Gasteiger partial charge on any atom is -0.512 e. The fourth-order valence-corrected chi connectivity index (χ4v) is 0.890. The molecule has 0 bridgehead atoms. The Morgan fingerprint density at radius 1 is 1.40 bits per heavy atom. The van der Waals surface area contributed by atoms with E-state index in [2.05, 4.69) is 0 Å². The van der Waals surface area contributed by atoms with Crippen LogP contribution in [0.1, 0.15) is 12.8 Å². The zero-order valence-electron chi connectivity index (χ0n) is 5.49. The van der Waals surface area contributed by atoms with E-state index in [9.17, 15) is 0 Å². The molecular formula is C6H9BO3. The van der Waals surface area contributed by atoms with Gasteiger partial charge in [-0.05, 0) is 18.0 Å². The van der Waals surface area contributed by atoms with Crippen molar-refractivity contribution >= 4 is 7.12 Å². The van der Waals surface area contributed by atoms with Gasteiger partial charge in [0, 0.05) is 6.42 Å². The molecule has 0 aromatic rings. The lowest BCUT2D eigenvalue weighted by Crippen LogP contribution is -2.15. The van der Waals surface area contributed by atoms with Gasteiger partial charge in [0.25, 0.3) is 0 Å². The van der Waals surface area contributed by atoms with Crippen molar-refractivity contribution in [3.63, 3.8) is 0 Å². The third-order valence-corrected chi connectivity index (χ3v) is 1.41. The van der Waals surface area contributed by atoms with Crippen LogP contribution < -0.4 is 0 Å². The lowest BCUT2D eigenvalue weighted by atomic mass is 9.76. The Morgan fingerprint density at radius 3 is 2.50 bits per heavy atom. The van der Waals surface area contributed by atoms with Crippen molar-refractivity contribution in [2.24, 2.45) is 0 Å². The molecule has 10 heavy (non-hydrogen) atoms. The Balaban J connectivity index is 2.69.